The van der Waals surface area contributed by atoms with Crippen LogP contribution < -0.4 is 15.4 Å². The number of carbonyl (C=O) groups is 1. The Balaban J connectivity index is 0.00000180. The molecular weight excluding hydrogens is 303 g/mol. The number of nitrogens with zero attached hydrogens (tertiary/aromatic N) is 3. The van der Waals surface area contributed by atoms with Crippen molar-refractivity contribution in [3.05, 3.63) is 18.3 Å². The smallest absolute Gasteiger partial charge is 0.236 e. The van der Waals surface area contributed by atoms with Crippen molar-refractivity contribution in [2.24, 2.45) is 5.73 Å². The number of nitrogens with two attached hydrogens (primary N) is 1. The molecule has 8 heteroatoms. The molecule has 1 aromatic rings. The third-order valence-corrected chi connectivity index (χ3v) is 3.08. The summed E-state index contributed by atoms with van der Waals surface area (Å²) < 4.78 is 5.17. The first-order valence-electron chi connectivity index (χ1n) is 5.97. The first-order chi connectivity index (χ1) is 8.74. The van der Waals surface area contributed by atoms with Crippen molar-refractivity contribution in [3.8, 4) is 5.75 Å². The maximum atomic E-state index is 11.5. The summed E-state index contributed by atoms with van der Waals surface area (Å²) in [6.07, 6.45) is 1.73. The number of aromatic nitrogens is 1. The highest BCUT2D eigenvalue weighted by molar-refractivity contribution is 5.85. The van der Waals surface area contributed by atoms with Gasteiger partial charge < -0.3 is 20.3 Å². The molecule has 114 valence electrons. The van der Waals surface area contributed by atoms with Crippen molar-refractivity contribution in [2.45, 2.75) is 0 Å². The highest BCUT2D eigenvalue weighted by Gasteiger charge is 2.20. The maximum Gasteiger partial charge on any atom is 0.236 e. The third kappa shape index (κ3) is 4.40. The molecule has 0 saturated carbocycles. The first-order valence-corrected chi connectivity index (χ1v) is 5.97. The number of hydrogen-bond donors (Lipinski definition) is 1. The van der Waals surface area contributed by atoms with Crippen LogP contribution in [0.4, 0.5) is 5.82 Å². The Morgan fingerprint density at radius 1 is 1.35 bits per heavy atom. The average Bonchev–Trinajstić information content (AvgIpc) is 2.46. The van der Waals surface area contributed by atoms with E-state index in [2.05, 4.69) is 9.88 Å². The van der Waals surface area contributed by atoms with E-state index in [0.717, 1.165) is 24.7 Å². The molecule has 1 aliphatic heterocycles. The van der Waals surface area contributed by atoms with Gasteiger partial charge in [0, 0.05) is 38.4 Å². The van der Waals surface area contributed by atoms with Crippen LogP contribution in [0.5, 0.6) is 5.75 Å². The summed E-state index contributed by atoms with van der Waals surface area (Å²) in [5.74, 6) is 1.68. The van der Waals surface area contributed by atoms with Crippen molar-refractivity contribution in [2.75, 3.05) is 44.7 Å². The Labute approximate surface area is 131 Å². The largest absolute Gasteiger partial charge is 0.497 e. The summed E-state index contributed by atoms with van der Waals surface area (Å²) in [6, 6.07) is 3.72. The molecule has 2 heterocycles. The second kappa shape index (κ2) is 8.84. The standard InChI is InChI=1S/C12H18N4O2.2ClH/c1-18-10-2-3-14-11(8-10)15-4-6-16(7-5-15)12(17)9-13;;/h2-3,8H,4-7,9,13H2,1H3;2*1H. The molecule has 20 heavy (non-hydrogen) atoms. The maximum absolute atomic E-state index is 11.5. The molecule has 0 unspecified atom stereocenters. The van der Waals surface area contributed by atoms with Gasteiger partial charge in [-0.1, -0.05) is 0 Å². The molecule has 6 nitrogen and oxygen atoms in total. The number of ether oxygens (including phenoxy) is 1. The van der Waals surface area contributed by atoms with Crippen LogP contribution in [0.15, 0.2) is 18.3 Å². The van der Waals surface area contributed by atoms with Crippen LogP contribution in [-0.4, -0.2) is 55.6 Å². The number of carbonyl (C=O) groups excluding carboxylic acids is 1. The molecule has 2 N–H and O–H groups in total. The van der Waals surface area contributed by atoms with Gasteiger partial charge in [0.1, 0.15) is 11.6 Å². The van der Waals surface area contributed by atoms with Gasteiger partial charge in [-0.25, -0.2) is 4.98 Å². The fourth-order valence-corrected chi connectivity index (χ4v) is 2.01. The summed E-state index contributed by atoms with van der Waals surface area (Å²) in [5.41, 5.74) is 5.35. The van der Waals surface area contributed by atoms with E-state index in [-0.39, 0.29) is 37.3 Å². The molecule has 1 aromatic heterocycles. The second-order valence-electron chi connectivity index (χ2n) is 4.13. The summed E-state index contributed by atoms with van der Waals surface area (Å²) in [6.45, 7) is 3.00. The molecule has 0 aliphatic carbocycles. The zero-order chi connectivity index (χ0) is 13.0. The van der Waals surface area contributed by atoms with Crippen LogP contribution in [0.3, 0.4) is 0 Å². The lowest BCUT2D eigenvalue weighted by Crippen LogP contribution is -2.50. The minimum Gasteiger partial charge on any atom is -0.497 e. The number of pyridine rings is 1. The van der Waals surface area contributed by atoms with Gasteiger partial charge in [-0.05, 0) is 6.07 Å². The summed E-state index contributed by atoms with van der Waals surface area (Å²) >= 11 is 0. The van der Waals surface area contributed by atoms with Gasteiger partial charge in [0.2, 0.25) is 5.91 Å². The van der Waals surface area contributed by atoms with Crippen LogP contribution in [0.25, 0.3) is 0 Å². The number of hydrogen-bond acceptors (Lipinski definition) is 5. The normalized spacial score (nSPS) is 14.1. The van der Waals surface area contributed by atoms with E-state index in [9.17, 15) is 4.79 Å². The molecule has 1 aliphatic rings. The fraction of sp³-hybridized carbons (Fsp3) is 0.500. The lowest BCUT2D eigenvalue weighted by molar-refractivity contribution is -0.129. The van der Waals surface area contributed by atoms with E-state index in [0.29, 0.717) is 13.1 Å². The van der Waals surface area contributed by atoms with Crippen molar-refractivity contribution in [3.63, 3.8) is 0 Å². The molecule has 1 saturated heterocycles. The molecule has 0 atom stereocenters. The zero-order valence-electron chi connectivity index (χ0n) is 11.3. The molecule has 1 amide bonds. The lowest BCUT2D eigenvalue weighted by atomic mass is 10.3. The van der Waals surface area contributed by atoms with Crippen LogP contribution in [0.1, 0.15) is 0 Å². The van der Waals surface area contributed by atoms with E-state index < -0.39 is 0 Å². The number of anilines is 1. The number of rotatable bonds is 3. The minimum absolute atomic E-state index is 0. The second-order valence-corrected chi connectivity index (χ2v) is 4.13. The van der Waals surface area contributed by atoms with Gasteiger partial charge in [0.25, 0.3) is 0 Å². The number of methoxy groups -OCH3 is 1. The highest BCUT2D eigenvalue weighted by atomic mass is 35.5. The van der Waals surface area contributed by atoms with E-state index >= 15 is 0 Å². The number of piperazine rings is 1. The summed E-state index contributed by atoms with van der Waals surface area (Å²) in [7, 11) is 1.64. The van der Waals surface area contributed by atoms with Crippen LogP contribution >= 0.6 is 24.8 Å². The van der Waals surface area contributed by atoms with Gasteiger partial charge in [-0.3, -0.25) is 4.79 Å². The predicted molar refractivity (Wildman–Crippen MR) is 83.1 cm³/mol. The van der Waals surface area contributed by atoms with Crippen molar-refractivity contribution >= 4 is 36.5 Å². The Morgan fingerprint density at radius 3 is 2.55 bits per heavy atom. The van der Waals surface area contributed by atoms with Gasteiger partial charge in [-0.15, -0.1) is 24.8 Å². The van der Waals surface area contributed by atoms with Gasteiger partial charge >= 0.3 is 0 Å². The average molecular weight is 323 g/mol. The molecule has 0 radical (unpaired) electrons. The van der Waals surface area contributed by atoms with Gasteiger partial charge in [0.15, 0.2) is 0 Å². The van der Waals surface area contributed by atoms with E-state index in [4.69, 9.17) is 10.5 Å². The SMILES string of the molecule is COc1ccnc(N2CCN(C(=O)CN)CC2)c1.Cl.Cl. The topological polar surface area (TPSA) is 71.7 Å². The monoisotopic (exact) mass is 322 g/mol. The Kier molecular flexibility index (Phi) is 8.29. The Bertz CT molecular complexity index is 426. The molecule has 1 fully saturated rings. The summed E-state index contributed by atoms with van der Waals surface area (Å²) in [4.78, 5) is 19.7. The quantitative estimate of drug-likeness (QED) is 0.879. The highest BCUT2D eigenvalue weighted by Crippen LogP contribution is 2.19. The summed E-state index contributed by atoms with van der Waals surface area (Å²) in [5, 5.41) is 0. The van der Waals surface area contributed by atoms with Crippen LogP contribution in [0.2, 0.25) is 0 Å². The fourth-order valence-electron chi connectivity index (χ4n) is 2.01. The zero-order valence-corrected chi connectivity index (χ0v) is 13.0. The van der Waals surface area contributed by atoms with Crippen molar-refractivity contribution < 1.29 is 9.53 Å². The lowest BCUT2D eigenvalue weighted by Gasteiger charge is -2.35. The van der Waals surface area contributed by atoms with Crippen molar-refractivity contribution in [1.82, 2.24) is 9.88 Å². The predicted octanol–water partition coefficient (Wildman–Crippen LogP) is 0.541. The molecule has 2 rings (SSSR count). The molecule has 0 aromatic carbocycles. The third-order valence-electron chi connectivity index (χ3n) is 3.08. The van der Waals surface area contributed by atoms with E-state index in [1.165, 1.54) is 0 Å². The van der Waals surface area contributed by atoms with E-state index in [1.807, 2.05) is 12.1 Å². The molecule has 0 bridgehead atoms. The minimum atomic E-state index is 0. The van der Waals surface area contributed by atoms with Crippen molar-refractivity contribution in [1.29, 1.82) is 0 Å². The van der Waals surface area contributed by atoms with Gasteiger partial charge in [-0.2, -0.15) is 0 Å². The van der Waals surface area contributed by atoms with Crippen LogP contribution in [-0.2, 0) is 4.79 Å². The Morgan fingerprint density at radius 2 is 2.00 bits per heavy atom. The van der Waals surface area contributed by atoms with Gasteiger partial charge in [0.05, 0.1) is 13.7 Å². The number of halogens is 2. The molecule has 0 spiro atoms. The molecular formula is C12H20Cl2N4O2. The Hall–Kier alpha value is -1.24. The van der Waals surface area contributed by atoms with E-state index in [1.54, 1.807) is 18.2 Å². The first kappa shape index (κ1) is 18.8. The number of amides is 1. The van der Waals surface area contributed by atoms with Crippen LogP contribution in [0, 0.1) is 0 Å².